The van der Waals surface area contributed by atoms with Gasteiger partial charge in [0.25, 0.3) is 0 Å². The monoisotopic (exact) mass is 269 g/mol. The van der Waals surface area contributed by atoms with Crippen LogP contribution in [0.4, 0.5) is 0 Å². The van der Waals surface area contributed by atoms with Gasteiger partial charge in [0.2, 0.25) is 0 Å². The molecule has 1 saturated heterocycles. The highest BCUT2D eigenvalue weighted by Gasteiger charge is 2.12. The molecule has 0 aromatic heterocycles. The number of halogens is 1. The second kappa shape index (κ2) is 6.86. The van der Waals surface area contributed by atoms with E-state index in [0.29, 0.717) is 17.7 Å². The summed E-state index contributed by atoms with van der Waals surface area (Å²) in [7, 11) is 1.63. The number of ether oxygens (including phenoxy) is 2. The summed E-state index contributed by atoms with van der Waals surface area (Å²) in [5, 5.41) is 4.11. The van der Waals surface area contributed by atoms with Gasteiger partial charge in [-0.2, -0.15) is 0 Å². The third kappa shape index (κ3) is 3.79. The molecule has 1 unspecified atom stereocenters. The van der Waals surface area contributed by atoms with Crippen molar-refractivity contribution in [1.29, 1.82) is 0 Å². The quantitative estimate of drug-likeness (QED) is 0.890. The fraction of sp³-hybridized carbons (Fsp3) is 0.571. The Morgan fingerprint density at radius 2 is 2.28 bits per heavy atom. The van der Waals surface area contributed by atoms with Crippen LogP contribution in [0.2, 0.25) is 5.02 Å². The van der Waals surface area contributed by atoms with Crippen LogP contribution >= 0.6 is 11.6 Å². The normalized spacial score (nSPS) is 19.6. The van der Waals surface area contributed by atoms with Crippen LogP contribution in [0.15, 0.2) is 18.2 Å². The van der Waals surface area contributed by atoms with E-state index in [2.05, 4.69) is 5.32 Å². The van der Waals surface area contributed by atoms with Crippen LogP contribution in [0.5, 0.6) is 11.5 Å². The van der Waals surface area contributed by atoms with Crippen LogP contribution in [0.3, 0.4) is 0 Å². The van der Waals surface area contributed by atoms with Gasteiger partial charge in [-0.25, -0.2) is 0 Å². The van der Waals surface area contributed by atoms with Crippen molar-refractivity contribution >= 4 is 11.6 Å². The molecule has 0 radical (unpaired) electrons. The minimum atomic E-state index is 0.593. The van der Waals surface area contributed by atoms with Crippen LogP contribution in [-0.2, 0) is 0 Å². The SMILES string of the molecule is COc1ccc(OCCC2CCCCN2)c(Cl)c1. The Bertz CT molecular complexity index is 378. The largest absolute Gasteiger partial charge is 0.497 e. The molecule has 0 saturated carbocycles. The highest BCUT2D eigenvalue weighted by molar-refractivity contribution is 6.32. The fourth-order valence-electron chi connectivity index (χ4n) is 2.21. The van der Waals surface area contributed by atoms with Gasteiger partial charge in [-0.15, -0.1) is 0 Å². The Kier molecular flexibility index (Phi) is 5.14. The third-order valence-corrected chi connectivity index (χ3v) is 3.57. The van der Waals surface area contributed by atoms with Crippen molar-refractivity contribution in [2.75, 3.05) is 20.3 Å². The Balaban J connectivity index is 1.79. The lowest BCUT2D eigenvalue weighted by Crippen LogP contribution is -2.35. The molecule has 0 spiro atoms. The standard InChI is InChI=1S/C14H20ClNO2/c1-17-12-5-6-14(13(15)10-12)18-9-7-11-4-2-3-8-16-11/h5-6,10-11,16H,2-4,7-9H2,1H3. The highest BCUT2D eigenvalue weighted by Crippen LogP contribution is 2.28. The molecule has 18 heavy (non-hydrogen) atoms. The number of nitrogens with one attached hydrogen (secondary N) is 1. The van der Waals surface area contributed by atoms with Gasteiger partial charge in [-0.05, 0) is 37.9 Å². The zero-order valence-electron chi connectivity index (χ0n) is 10.7. The van der Waals surface area contributed by atoms with E-state index in [9.17, 15) is 0 Å². The molecular formula is C14H20ClNO2. The molecule has 4 heteroatoms. The summed E-state index contributed by atoms with van der Waals surface area (Å²) >= 11 is 6.11. The van der Waals surface area contributed by atoms with Gasteiger partial charge in [0, 0.05) is 12.1 Å². The first-order valence-electron chi connectivity index (χ1n) is 6.49. The molecule has 2 rings (SSSR count). The Morgan fingerprint density at radius 3 is 2.94 bits per heavy atom. The predicted octanol–water partition coefficient (Wildman–Crippen LogP) is 3.26. The van der Waals surface area contributed by atoms with Crippen LogP contribution < -0.4 is 14.8 Å². The molecule has 1 fully saturated rings. The summed E-state index contributed by atoms with van der Waals surface area (Å²) in [6.45, 7) is 1.83. The lowest BCUT2D eigenvalue weighted by molar-refractivity contribution is 0.268. The maximum atomic E-state index is 6.11. The number of hydrogen-bond acceptors (Lipinski definition) is 3. The Morgan fingerprint density at radius 1 is 1.39 bits per heavy atom. The first-order chi connectivity index (χ1) is 8.79. The molecular weight excluding hydrogens is 250 g/mol. The molecule has 3 nitrogen and oxygen atoms in total. The predicted molar refractivity (Wildman–Crippen MR) is 73.8 cm³/mol. The highest BCUT2D eigenvalue weighted by atomic mass is 35.5. The van der Waals surface area contributed by atoms with Crippen LogP contribution in [-0.4, -0.2) is 26.3 Å². The Hall–Kier alpha value is -0.930. The number of benzene rings is 1. The minimum absolute atomic E-state index is 0.593. The molecule has 1 aliphatic rings. The first kappa shape index (κ1) is 13.5. The van der Waals surface area contributed by atoms with Gasteiger partial charge in [0.1, 0.15) is 11.5 Å². The van der Waals surface area contributed by atoms with Crippen molar-refractivity contribution in [1.82, 2.24) is 5.32 Å². The number of hydrogen-bond donors (Lipinski definition) is 1. The van der Waals surface area contributed by atoms with Gasteiger partial charge in [0.05, 0.1) is 18.7 Å². The first-order valence-corrected chi connectivity index (χ1v) is 6.87. The summed E-state index contributed by atoms with van der Waals surface area (Å²) < 4.78 is 10.8. The third-order valence-electron chi connectivity index (χ3n) is 3.28. The van der Waals surface area contributed by atoms with Crippen molar-refractivity contribution in [2.45, 2.75) is 31.7 Å². The molecule has 1 aromatic rings. The van der Waals surface area contributed by atoms with Crippen molar-refractivity contribution in [3.05, 3.63) is 23.2 Å². The summed E-state index contributed by atoms with van der Waals surface area (Å²) in [5.41, 5.74) is 0. The molecule has 0 bridgehead atoms. The van der Waals surface area contributed by atoms with E-state index in [0.717, 1.165) is 24.5 Å². The smallest absolute Gasteiger partial charge is 0.138 e. The van der Waals surface area contributed by atoms with E-state index >= 15 is 0 Å². The summed E-state index contributed by atoms with van der Waals surface area (Å²) in [4.78, 5) is 0. The molecule has 1 aliphatic heterocycles. The van der Waals surface area contributed by atoms with E-state index in [1.165, 1.54) is 19.3 Å². The van der Waals surface area contributed by atoms with Crippen LogP contribution in [0.1, 0.15) is 25.7 Å². The summed E-state index contributed by atoms with van der Waals surface area (Å²) in [6, 6.07) is 6.08. The lowest BCUT2D eigenvalue weighted by Gasteiger charge is -2.23. The summed E-state index contributed by atoms with van der Waals surface area (Å²) in [5.74, 6) is 1.48. The van der Waals surface area contributed by atoms with Gasteiger partial charge in [0.15, 0.2) is 0 Å². The van der Waals surface area contributed by atoms with Crippen molar-refractivity contribution in [3.8, 4) is 11.5 Å². The second-order valence-corrected chi connectivity index (χ2v) is 4.99. The molecule has 100 valence electrons. The number of methoxy groups -OCH3 is 1. The lowest BCUT2D eigenvalue weighted by atomic mass is 10.0. The average molecular weight is 270 g/mol. The van der Waals surface area contributed by atoms with E-state index in [-0.39, 0.29) is 0 Å². The number of rotatable bonds is 5. The van der Waals surface area contributed by atoms with Crippen molar-refractivity contribution < 1.29 is 9.47 Å². The molecule has 0 amide bonds. The topological polar surface area (TPSA) is 30.5 Å². The molecule has 1 heterocycles. The molecule has 1 N–H and O–H groups in total. The van der Waals surface area contributed by atoms with Crippen molar-refractivity contribution in [3.63, 3.8) is 0 Å². The second-order valence-electron chi connectivity index (χ2n) is 4.58. The Labute approximate surface area is 113 Å². The number of piperidine rings is 1. The zero-order valence-corrected chi connectivity index (χ0v) is 11.5. The molecule has 0 aliphatic carbocycles. The molecule has 1 aromatic carbocycles. The minimum Gasteiger partial charge on any atom is -0.497 e. The zero-order chi connectivity index (χ0) is 12.8. The van der Waals surface area contributed by atoms with Gasteiger partial charge >= 0.3 is 0 Å². The maximum absolute atomic E-state index is 6.11. The molecule has 1 atom stereocenters. The van der Waals surface area contributed by atoms with E-state index in [1.807, 2.05) is 12.1 Å². The van der Waals surface area contributed by atoms with E-state index in [1.54, 1.807) is 13.2 Å². The summed E-state index contributed by atoms with van der Waals surface area (Å²) in [6.07, 6.45) is 4.89. The van der Waals surface area contributed by atoms with E-state index in [4.69, 9.17) is 21.1 Å². The maximum Gasteiger partial charge on any atom is 0.138 e. The van der Waals surface area contributed by atoms with Gasteiger partial charge in [-0.1, -0.05) is 18.0 Å². The van der Waals surface area contributed by atoms with Crippen LogP contribution in [0, 0.1) is 0 Å². The average Bonchev–Trinajstić information content (AvgIpc) is 2.42. The van der Waals surface area contributed by atoms with Gasteiger partial charge < -0.3 is 14.8 Å². The fourth-order valence-corrected chi connectivity index (χ4v) is 2.43. The van der Waals surface area contributed by atoms with Crippen LogP contribution in [0.25, 0.3) is 0 Å². The van der Waals surface area contributed by atoms with E-state index < -0.39 is 0 Å². The van der Waals surface area contributed by atoms with Gasteiger partial charge in [-0.3, -0.25) is 0 Å². The van der Waals surface area contributed by atoms with Crippen molar-refractivity contribution in [2.24, 2.45) is 0 Å².